The number of imide groups is 1. The fourth-order valence-corrected chi connectivity index (χ4v) is 5.71. The number of likely N-dealkylation sites (tertiary alicyclic amines) is 1. The standard InChI is InChI=1S/C25H19NO3/c27-23-21-20-16-10-4-6-12-18(16)25(29,19-13-7-5-11-17(19)20)22(21)24(28)26(23)14-15-8-2-1-3-9-15/h1-13,20-22,29H,14H2. The molecule has 0 aromatic heterocycles. The van der Waals surface area contributed by atoms with Gasteiger partial charge in [-0.25, -0.2) is 0 Å². The number of aliphatic hydroxyl groups is 1. The molecule has 1 N–H and O–H groups in total. The highest BCUT2D eigenvalue weighted by molar-refractivity contribution is 6.08. The Morgan fingerprint density at radius 3 is 1.93 bits per heavy atom. The van der Waals surface area contributed by atoms with Crippen LogP contribution >= 0.6 is 0 Å². The van der Waals surface area contributed by atoms with E-state index in [1.807, 2.05) is 78.9 Å². The smallest absolute Gasteiger partial charge is 0.237 e. The molecule has 2 amide bonds. The molecule has 1 saturated heterocycles. The second kappa shape index (κ2) is 5.65. The van der Waals surface area contributed by atoms with E-state index in [9.17, 15) is 14.7 Å². The first-order chi connectivity index (χ1) is 14.1. The van der Waals surface area contributed by atoms with E-state index >= 15 is 0 Å². The van der Waals surface area contributed by atoms with Gasteiger partial charge >= 0.3 is 0 Å². The van der Waals surface area contributed by atoms with E-state index in [0.29, 0.717) is 0 Å². The summed E-state index contributed by atoms with van der Waals surface area (Å²) in [4.78, 5) is 28.4. The van der Waals surface area contributed by atoms with E-state index in [1.54, 1.807) is 0 Å². The predicted molar refractivity (Wildman–Crippen MR) is 107 cm³/mol. The molecule has 1 heterocycles. The van der Waals surface area contributed by atoms with Crippen LogP contribution in [-0.4, -0.2) is 21.8 Å². The second-order valence-corrected chi connectivity index (χ2v) is 8.17. The summed E-state index contributed by atoms with van der Waals surface area (Å²) in [5.41, 5.74) is 2.85. The maximum atomic E-state index is 13.5. The Morgan fingerprint density at radius 2 is 1.31 bits per heavy atom. The lowest BCUT2D eigenvalue weighted by molar-refractivity contribution is -0.142. The van der Waals surface area contributed by atoms with Gasteiger partial charge in [0.15, 0.2) is 0 Å². The van der Waals surface area contributed by atoms with Gasteiger partial charge < -0.3 is 5.11 Å². The summed E-state index contributed by atoms with van der Waals surface area (Å²) in [5.74, 6) is -2.02. The number of hydrogen-bond acceptors (Lipinski definition) is 3. The van der Waals surface area contributed by atoms with Crippen LogP contribution in [0.15, 0.2) is 78.9 Å². The molecule has 4 nitrogen and oxygen atoms in total. The molecule has 1 fully saturated rings. The molecule has 3 aliphatic carbocycles. The van der Waals surface area contributed by atoms with E-state index in [4.69, 9.17) is 0 Å². The summed E-state index contributed by atoms with van der Waals surface area (Å²) in [5, 5.41) is 12.1. The number of hydrogen-bond donors (Lipinski definition) is 1. The van der Waals surface area contributed by atoms with Crippen LogP contribution in [0.2, 0.25) is 0 Å². The lowest BCUT2D eigenvalue weighted by Crippen LogP contribution is -2.53. The normalized spacial score (nSPS) is 28.9. The van der Waals surface area contributed by atoms with Crippen LogP contribution in [0.4, 0.5) is 0 Å². The highest BCUT2D eigenvalue weighted by Gasteiger charge is 2.67. The summed E-state index contributed by atoms with van der Waals surface area (Å²) in [7, 11) is 0. The molecule has 142 valence electrons. The maximum absolute atomic E-state index is 13.5. The average molecular weight is 381 g/mol. The number of rotatable bonds is 2. The van der Waals surface area contributed by atoms with Crippen LogP contribution in [0.25, 0.3) is 0 Å². The van der Waals surface area contributed by atoms with E-state index in [-0.39, 0.29) is 24.3 Å². The van der Waals surface area contributed by atoms with E-state index < -0.39 is 17.4 Å². The molecule has 0 saturated carbocycles. The summed E-state index contributed by atoms with van der Waals surface area (Å²) >= 11 is 0. The number of carbonyl (C=O) groups is 2. The molecule has 7 rings (SSSR count). The van der Waals surface area contributed by atoms with E-state index in [2.05, 4.69) is 0 Å². The van der Waals surface area contributed by atoms with Gasteiger partial charge in [0.05, 0.1) is 18.4 Å². The minimum absolute atomic E-state index is 0.184. The number of benzene rings is 3. The van der Waals surface area contributed by atoms with Crippen LogP contribution in [0.5, 0.6) is 0 Å². The molecule has 4 aliphatic rings. The van der Waals surface area contributed by atoms with Gasteiger partial charge in [-0.1, -0.05) is 78.9 Å². The van der Waals surface area contributed by atoms with Crippen molar-refractivity contribution in [1.82, 2.24) is 4.90 Å². The van der Waals surface area contributed by atoms with Crippen molar-refractivity contribution < 1.29 is 14.7 Å². The first kappa shape index (κ1) is 16.7. The molecule has 2 bridgehead atoms. The van der Waals surface area contributed by atoms with Gasteiger partial charge in [-0.15, -0.1) is 0 Å². The first-order valence-corrected chi connectivity index (χ1v) is 9.92. The molecule has 0 radical (unpaired) electrons. The largest absolute Gasteiger partial charge is 0.379 e. The summed E-state index contributed by atoms with van der Waals surface area (Å²) < 4.78 is 0. The Morgan fingerprint density at radius 1 is 0.759 bits per heavy atom. The van der Waals surface area contributed by atoms with E-state index in [1.165, 1.54) is 4.90 Å². The molecule has 2 atom stereocenters. The molecular weight excluding hydrogens is 362 g/mol. The zero-order chi connectivity index (χ0) is 19.8. The van der Waals surface area contributed by atoms with Crippen molar-refractivity contribution in [3.05, 3.63) is 107 Å². The minimum atomic E-state index is -1.48. The van der Waals surface area contributed by atoms with Crippen molar-refractivity contribution in [2.24, 2.45) is 11.8 Å². The lowest BCUT2D eigenvalue weighted by Gasteiger charge is -2.51. The molecule has 3 aromatic carbocycles. The van der Waals surface area contributed by atoms with Crippen molar-refractivity contribution in [2.45, 2.75) is 18.1 Å². The molecule has 2 unspecified atom stereocenters. The quantitative estimate of drug-likeness (QED) is 0.694. The number of carbonyl (C=O) groups excluding carboxylic acids is 2. The second-order valence-electron chi connectivity index (χ2n) is 8.17. The predicted octanol–water partition coefficient (Wildman–Crippen LogP) is 3.18. The van der Waals surface area contributed by atoms with Crippen molar-refractivity contribution in [2.75, 3.05) is 0 Å². The molecule has 1 aliphatic heterocycles. The van der Waals surface area contributed by atoms with Gasteiger partial charge in [0.1, 0.15) is 5.60 Å². The topological polar surface area (TPSA) is 57.6 Å². The third-order valence-corrected chi connectivity index (χ3v) is 6.85. The monoisotopic (exact) mass is 381 g/mol. The lowest BCUT2D eigenvalue weighted by atomic mass is 9.52. The molecule has 29 heavy (non-hydrogen) atoms. The van der Waals surface area contributed by atoms with Crippen LogP contribution in [0.1, 0.15) is 33.7 Å². The van der Waals surface area contributed by atoms with Crippen molar-refractivity contribution in [3.8, 4) is 0 Å². The molecule has 4 heteroatoms. The van der Waals surface area contributed by atoms with Crippen LogP contribution < -0.4 is 0 Å². The summed E-state index contributed by atoms with van der Waals surface area (Å²) in [6.45, 7) is 0.237. The van der Waals surface area contributed by atoms with Crippen LogP contribution in [0, 0.1) is 11.8 Å². The zero-order valence-corrected chi connectivity index (χ0v) is 15.7. The fourth-order valence-electron chi connectivity index (χ4n) is 5.71. The third kappa shape index (κ3) is 1.97. The number of nitrogens with zero attached hydrogens (tertiary/aromatic N) is 1. The molecule has 0 spiro atoms. The summed E-state index contributed by atoms with van der Waals surface area (Å²) in [6.07, 6.45) is 0. The highest BCUT2D eigenvalue weighted by Crippen LogP contribution is 2.62. The van der Waals surface area contributed by atoms with E-state index in [0.717, 1.165) is 27.8 Å². The molecular formula is C25H19NO3. The Hall–Kier alpha value is -3.24. The van der Waals surface area contributed by atoms with Gasteiger partial charge in [0.2, 0.25) is 11.8 Å². The van der Waals surface area contributed by atoms with Gasteiger partial charge in [0.25, 0.3) is 0 Å². The van der Waals surface area contributed by atoms with Crippen molar-refractivity contribution in [1.29, 1.82) is 0 Å². The van der Waals surface area contributed by atoms with Crippen molar-refractivity contribution in [3.63, 3.8) is 0 Å². The van der Waals surface area contributed by atoms with Gasteiger partial charge in [-0.05, 0) is 27.8 Å². The Bertz CT molecular complexity index is 1120. The van der Waals surface area contributed by atoms with Crippen molar-refractivity contribution >= 4 is 11.8 Å². The van der Waals surface area contributed by atoms with Gasteiger partial charge in [0, 0.05) is 5.92 Å². The van der Waals surface area contributed by atoms with Crippen LogP contribution in [0.3, 0.4) is 0 Å². The Labute approximate surface area is 168 Å². The first-order valence-electron chi connectivity index (χ1n) is 9.92. The minimum Gasteiger partial charge on any atom is -0.379 e. The summed E-state index contributed by atoms with van der Waals surface area (Å²) in [6, 6.07) is 24.9. The van der Waals surface area contributed by atoms with Gasteiger partial charge in [-0.2, -0.15) is 0 Å². The maximum Gasteiger partial charge on any atom is 0.237 e. The Balaban J connectivity index is 1.55. The highest BCUT2D eigenvalue weighted by atomic mass is 16.3. The SMILES string of the molecule is O=C1C2C3c4ccccc4C(O)(c4ccccc43)C2C(=O)N1Cc1ccccc1. The molecule has 3 aromatic rings. The zero-order valence-electron chi connectivity index (χ0n) is 15.7. The van der Waals surface area contributed by atoms with Gasteiger partial charge in [-0.3, -0.25) is 14.5 Å². The number of amides is 2. The third-order valence-electron chi connectivity index (χ3n) is 6.85. The van der Waals surface area contributed by atoms with Crippen LogP contribution in [-0.2, 0) is 21.7 Å². The Kier molecular flexibility index (Phi) is 3.25. The fraction of sp³-hybridized carbons (Fsp3) is 0.200. The average Bonchev–Trinajstić information content (AvgIpc) is 3.01.